The topological polar surface area (TPSA) is 84.9 Å². The molecule has 7 nitrogen and oxygen atoms in total. The van der Waals surface area contributed by atoms with E-state index >= 15 is 0 Å². The maximum Gasteiger partial charge on any atom is 0.311 e. The average molecular weight is 417 g/mol. The molecule has 8 heteroatoms. The van der Waals surface area contributed by atoms with Crippen molar-refractivity contribution in [2.75, 3.05) is 30.5 Å². The fraction of sp³-hybridized carbons (Fsp3) is 0.286. The highest BCUT2D eigenvalue weighted by atomic mass is 35.5. The zero-order valence-corrected chi connectivity index (χ0v) is 16.9. The van der Waals surface area contributed by atoms with Gasteiger partial charge in [-0.1, -0.05) is 29.3 Å². The lowest BCUT2D eigenvalue weighted by molar-refractivity contribution is -0.151. The van der Waals surface area contributed by atoms with Crippen LogP contribution >= 0.6 is 11.6 Å². The minimum atomic E-state index is -0.668. The van der Waals surface area contributed by atoms with Crippen LogP contribution in [-0.2, 0) is 19.1 Å². The van der Waals surface area contributed by atoms with Gasteiger partial charge in [0.15, 0.2) is 6.61 Å². The Hall–Kier alpha value is -3.06. The van der Waals surface area contributed by atoms with Crippen LogP contribution in [0.2, 0.25) is 5.02 Å². The molecule has 1 heterocycles. The molecule has 1 aliphatic heterocycles. The molecule has 0 saturated carbocycles. The molecule has 1 saturated heterocycles. The summed E-state index contributed by atoms with van der Waals surface area (Å²) in [6, 6.07) is 12.2. The Labute approximate surface area is 173 Å². The molecule has 2 aromatic carbocycles. The van der Waals surface area contributed by atoms with Gasteiger partial charge in [0.05, 0.1) is 18.7 Å². The molecule has 0 unspecified atom stereocenters. The number of hydrogen-bond donors (Lipinski definition) is 1. The van der Waals surface area contributed by atoms with E-state index in [9.17, 15) is 14.4 Å². The van der Waals surface area contributed by atoms with Crippen LogP contribution in [-0.4, -0.2) is 38.0 Å². The highest BCUT2D eigenvalue weighted by Gasteiger charge is 2.37. The predicted octanol–water partition coefficient (Wildman–Crippen LogP) is 3.19. The fourth-order valence-corrected chi connectivity index (χ4v) is 3.23. The zero-order chi connectivity index (χ0) is 21.0. The molecule has 0 spiro atoms. The van der Waals surface area contributed by atoms with Crippen molar-refractivity contribution in [3.05, 3.63) is 53.1 Å². The fourth-order valence-electron chi connectivity index (χ4n) is 3.06. The van der Waals surface area contributed by atoms with Crippen molar-refractivity contribution < 1.29 is 23.9 Å². The van der Waals surface area contributed by atoms with Crippen LogP contribution in [0.1, 0.15) is 12.0 Å². The van der Waals surface area contributed by atoms with Gasteiger partial charge < -0.3 is 19.7 Å². The normalized spacial score (nSPS) is 15.9. The Bertz CT molecular complexity index is 929. The smallest absolute Gasteiger partial charge is 0.311 e. The van der Waals surface area contributed by atoms with Crippen molar-refractivity contribution in [1.82, 2.24) is 0 Å². The highest BCUT2D eigenvalue weighted by Crippen LogP contribution is 2.35. The summed E-state index contributed by atoms with van der Waals surface area (Å²) >= 11 is 6.03. The Kier molecular flexibility index (Phi) is 6.39. The standard InChI is InChI=1S/C21H21ClN2O5/c1-13-3-6-16(7-4-13)23-19(25)12-29-21(27)14-9-20(26)24(11-14)17-10-15(22)5-8-18(17)28-2/h3-8,10,14H,9,11-12H2,1-2H3,(H,23,25)/t14-/m0/s1. The number of amides is 2. The van der Waals surface area contributed by atoms with E-state index in [1.165, 1.54) is 12.0 Å². The molecule has 0 aliphatic carbocycles. The van der Waals surface area contributed by atoms with Crippen molar-refractivity contribution in [3.63, 3.8) is 0 Å². The van der Waals surface area contributed by atoms with Crippen molar-refractivity contribution in [1.29, 1.82) is 0 Å². The van der Waals surface area contributed by atoms with Gasteiger partial charge in [-0.15, -0.1) is 0 Å². The lowest BCUT2D eigenvalue weighted by atomic mass is 10.1. The van der Waals surface area contributed by atoms with Gasteiger partial charge in [0.25, 0.3) is 5.91 Å². The summed E-state index contributed by atoms with van der Waals surface area (Å²) in [7, 11) is 1.49. The number of nitrogens with one attached hydrogen (secondary N) is 1. The summed E-state index contributed by atoms with van der Waals surface area (Å²) in [6.45, 7) is 1.66. The Morgan fingerprint density at radius 3 is 2.62 bits per heavy atom. The Morgan fingerprint density at radius 1 is 1.21 bits per heavy atom. The number of benzene rings is 2. The van der Waals surface area contributed by atoms with Gasteiger partial charge in [-0.25, -0.2) is 0 Å². The average Bonchev–Trinajstić information content (AvgIpc) is 3.09. The number of nitrogens with zero attached hydrogens (tertiary/aromatic N) is 1. The van der Waals surface area contributed by atoms with E-state index < -0.39 is 24.4 Å². The summed E-state index contributed by atoms with van der Waals surface area (Å²) in [5.74, 6) is -1.47. The van der Waals surface area contributed by atoms with Crippen LogP contribution in [0.5, 0.6) is 5.75 Å². The van der Waals surface area contributed by atoms with E-state index in [2.05, 4.69) is 5.32 Å². The minimum Gasteiger partial charge on any atom is -0.495 e. The van der Waals surface area contributed by atoms with E-state index in [0.717, 1.165) is 5.56 Å². The first-order valence-corrected chi connectivity index (χ1v) is 9.42. The number of anilines is 2. The van der Waals surface area contributed by atoms with Gasteiger partial charge in [-0.2, -0.15) is 0 Å². The number of rotatable bonds is 6. The molecular weight excluding hydrogens is 396 g/mol. The molecule has 2 aromatic rings. The molecule has 0 bridgehead atoms. The number of hydrogen-bond acceptors (Lipinski definition) is 5. The number of halogens is 1. The highest BCUT2D eigenvalue weighted by molar-refractivity contribution is 6.31. The molecule has 1 N–H and O–H groups in total. The van der Waals surface area contributed by atoms with E-state index in [-0.39, 0.29) is 18.9 Å². The van der Waals surface area contributed by atoms with Crippen molar-refractivity contribution >= 4 is 40.8 Å². The molecule has 152 valence electrons. The number of methoxy groups -OCH3 is 1. The molecular formula is C21H21ClN2O5. The van der Waals surface area contributed by atoms with Crippen LogP contribution < -0.4 is 15.0 Å². The van der Waals surface area contributed by atoms with E-state index in [4.69, 9.17) is 21.1 Å². The van der Waals surface area contributed by atoms with Gasteiger partial charge in [-0.05, 0) is 37.3 Å². The van der Waals surface area contributed by atoms with Crippen molar-refractivity contribution in [2.24, 2.45) is 5.92 Å². The Morgan fingerprint density at radius 2 is 1.93 bits per heavy atom. The molecule has 0 aromatic heterocycles. The monoisotopic (exact) mass is 416 g/mol. The molecule has 1 fully saturated rings. The number of carbonyl (C=O) groups is 3. The van der Waals surface area contributed by atoms with Crippen LogP contribution in [0, 0.1) is 12.8 Å². The zero-order valence-electron chi connectivity index (χ0n) is 16.1. The number of esters is 1. The molecule has 29 heavy (non-hydrogen) atoms. The van der Waals surface area contributed by atoms with Gasteiger partial charge >= 0.3 is 5.97 Å². The van der Waals surface area contributed by atoms with Gasteiger partial charge in [0.1, 0.15) is 5.75 Å². The Balaban J connectivity index is 1.57. The third kappa shape index (κ3) is 5.06. The molecule has 1 atom stereocenters. The number of ether oxygens (including phenoxy) is 2. The molecule has 2 amide bonds. The largest absolute Gasteiger partial charge is 0.495 e. The first-order chi connectivity index (χ1) is 13.9. The molecule has 1 aliphatic rings. The predicted molar refractivity (Wildman–Crippen MR) is 109 cm³/mol. The van der Waals surface area contributed by atoms with E-state index in [1.807, 2.05) is 19.1 Å². The summed E-state index contributed by atoms with van der Waals surface area (Å²) in [4.78, 5) is 38.2. The van der Waals surface area contributed by atoms with Crippen LogP contribution in [0.3, 0.4) is 0 Å². The summed E-state index contributed by atoms with van der Waals surface area (Å²) in [5, 5.41) is 3.11. The minimum absolute atomic E-state index is 0.00587. The third-order valence-electron chi connectivity index (χ3n) is 4.57. The van der Waals surface area contributed by atoms with Crippen LogP contribution in [0.25, 0.3) is 0 Å². The van der Waals surface area contributed by atoms with Crippen LogP contribution in [0.15, 0.2) is 42.5 Å². The molecule has 0 radical (unpaired) electrons. The maximum atomic E-state index is 12.4. The van der Waals surface area contributed by atoms with E-state index in [1.54, 1.807) is 30.3 Å². The summed E-state index contributed by atoms with van der Waals surface area (Å²) in [5.41, 5.74) is 2.19. The van der Waals surface area contributed by atoms with Crippen LogP contribution in [0.4, 0.5) is 11.4 Å². The quantitative estimate of drug-likeness (QED) is 0.731. The maximum absolute atomic E-state index is 12.4. The third-order valence-corrected chi connectivity index (χ3v) is 4.81. The lowest BCUT2D eigenvalue weighted by Crippen LogP contribution is -2.28. The van der Waals surface area contributed by atoms with Crippen molar-refractivity contribution in [3.8, 4) is 5.75 Å². The van der Waals surface area contributed by atoms with Gasteiger partial charge in [-0.3, -0.25) is 14.4 Å². The van der Waals surface area contributed by atoms with Gasteiger partial charge in [0.2, 0.25) is 5.91 Å². The summed E-state index contributed by atoms with van der Waals surface area (Å²) in [6.07, 6.45) is -0.00587. The molecule has 3 rings (SSSR count). The second-order valence-corrected chi connectivity index (χ2v) is 7.18. The SMILES string of the molecule is COc1ccc(Cl)cc1N1C[C@@H](C(=O)OCC(=O)Nc2ccc(C)cc2)CC1=O. The second kappa shape index (κ2) is 8.96. The van der Waals surface area contributed by atoms with E-state index in [0.29, 0.717) is 22.1 Å². The first kappa shape index (κ1) is 20.7. The van der Waals surface area contributed by atoms with Crippen molar-refractivity contribution in [2.45, 2.75) is 13.3 Å². The van der Waals surface area contributed by atoms with Gasteiger partial charge in [0, 0.05) is 23.7 Å². The summed E-state index contributed by atoms with van der Waals surface area (Å²) < 4.78 is 10.4. The second-order valence-electron chi connectivity index (χ2n) is 6.74. The number of aryl methyl sites for hydroxylation is 1. The number of carbonyl (C=O) groups excluding carboxylic acids is 3. The lowest BCUT2D eigenvalue weighted by Gasteiger charge is -2.19. The first-order valence-electron chi connectivity index (χ1n) is 9.04.